The minimum atomic E-state index is 0.322. The van der Waals surface area contributed by atoms with Gasteiger partial charge in [-0.3, -0.25) is 4.79 Å². The third kappa shape index (κ3) is 4.47. The molecule has 0 N–H and O–H groups in total. The van der Waals surface area contributed by atoms with Gasteiger partial charge in [0.1, 0.15) is 5.82 Å². The highest BCUT2D eigenvalue weighted by Crippen LogP contribution is 2.20. The lowest BCUT2D eigenvalue weighted by atomic mass is 9.96. The summed E-state index contributed by atoms with van der Waals surface area (Å²) in [4.78, 5) is 18.7. The van der Waals surface area contributed by atoms with E-state index in [9.17, 15) is 4.79 Å². The van der Waals surface area contributed by atoms with Crippen LogP contribution in [-0.2, 0) is 17.8 Å². The van der Waals surface area contributed by atoms with E-state index in [2.05, 4.69) is 44.9 Å². The normalized spacial score (nSPS) is 15.6. The molecule has 0 aliphatic carbocycles. The molecule has 0 unspecified atom stereocenters. The molecule has 2 heterocycles. The van der Waals surface area contributed by atoms with E-state index in [-0.39, 0.29) is 0 Å². The van der Waals surface area contributed by atoms with Crippen molar-refractivity contribution >= 4 is 5.91 Å². The fourth-order valence-corrected chi connectivity index (χ4v) is 3.49. The van der Waals surface area contributed by atoms with Crippen LogP contribution in [0.3, 0.4) is 0 Å². The van der Waals surface area contributed by atoms with Crippen molar-refractivity contribution in [3.63, 3.8) is 0 Å². The molecule has 24 heavy (non-hydrogen) atoms. The van der Waals surface area contributed by atoms with E-state index in [1.807, 2.05) is 19.2 Å². The molecule has 1 saturated heterocycles. The van der Waals surface area contributed by atoms with E-state index < -0.39 is 0 Å². The van der Waals surface area contributed by atoms with Crippen molar-refractivity contribution in [1.82, 2.24) is 14.5 Å². The molecular weight excluding hydrogens is 298 g/mol. The molecule has 0 bridgehead atoms. The lowest BCUT2D eigenvalue weighted by molar-refractivity contribution is -0.132. The molecule has 1 aromatic carbocycles. The number of imidazole rings is 1. The van der Waals surface area contributed by atoms with Crippen LogP contribution in [0, 0.1) is 12.8 Å². The van der Waals surface area contributed by atoms with Crippen LogP contribution < -0.4 is 0 Å². The van der Waals surface area contributed by atoms with Crippen molar-refractivity contribution in [2.24, 2.45) is 5.92 Å². The number of rotatable bonds is 6. The highest BCUT2D eigenvalue weighted by atomic mass is 16.2. The first-order valence-corrected chi connectivity index (χ1v) is 9.02. The van der Waals surface area contributed by atoms with Gasteiger partial charge in [0.25, 0.3) is 0 Å². The summed E-state index contributed by atoms with van der Waals surface area (Å²) in [6.45, 7) is 4.89. The summed E-state index contributed by atoms with van der Waals surface area (Å²) in [6.07, 6.45) is 8.71. The second-order valence-electron chi connectivity index (χ2n) is 6.79. The molecule has 0 spiro atoms. The van der Waals surface area contributed by atoms with Crippen molar-refractivity contribution < 1.29 is 4.79 Å². The molecule has 4 nitrogen and oxygen atoms in total. The Bertz CT molecular complexity index is 642. The Morgan fingerprint density at radius 1 is 1.21 bits per heavy atom. The van der Waals surface area contributed by atoms with Gasteiger partial charge in [0, 0.05) is 38.4 Å². The zero-order chi connectivity index (χ0) is 16.8. The van der Waals surface area contributed by atoms with Crippen LogP contribution in [0.4, 0.5) is 0 Å². The van der Waals surface area contributed by atoms with Gasteiger partial charge in [0.2, 0.25) is 5.91 Å². The Balaban J connectivity index is 1.38. The number of nitrogens with zero attached hydrogens (tertiary/aromatic N) is 3. The van der Waals surface area contributed by atoms with Crippen molar-refractivity contribution in [1.29, 1.82) is 0 Å². The minimum absolute atomic E-state index is 0.322. The Morgan fingerprint density at radius 3 is 2.62 bits per heavy atom. The SMILES string of the molecule is Cc1nccn1CC1CCN(C(=O)CCCc2ccccc2)CC1. The Kier molecular flexibility index (Phi) is 5.68. The van der Waals surface area contributed by atoms with E-state index in [0.29, 0.717) is 18.2 Å². The van der Waals surface area contributed by atoms with E-state index in [0.717, 1.165) is 51.1 Å². The third-order valence-corrected chi connectivity index (χ3v) is 5.04. The monoisotopic (exact) mass is 325 g/mol. The molecule has 4 heteroatoms. The summed E-state index contributed by atoms with van der Waals surface area (Å²) in [7, 11) is 0. The number of amides is 1. The predicted molar refractivity (Wildman–Crippen MR) is 95.6 cm³/mol. The van der Waals surface area contributed by atoms with Gasteiger partial charge in [-0.05, 0) is 44.1 Å². The number of hydrogen-bond acceptors (Lipinski definition) is 2. The van der Waals surface area contributed by atoms with Crippen molar-refractivity contribution in [3.05, 3.63) is 54.1 Å². The van der Waals surface area contributed by atoms with Crippen LogP contribution in [-0.4, -0.2) is 33.4 Å². The van der Waals surface area contributed by atoms with Gasteiger partial charge in [-0.15, -0.1) is 0 Å². The first-order valence-electron chi connectivity index (χ1n) is 9.02. The van der Waals surface area contributed by atoms with Crippen molar-refractivity contribution in [3.8, 4) is 0 Å². The van der Waals surface area contributed by atoms with E-state index >= 15 is 0 Å². The molecule has 0 atom stereocenters. The number of piperidine rings is 1. The number of hydrogen-bond donors (Lipinski definition) is 0. The molecule has 3 rings (SSSR count). The molecule has 1 aliphatic rings. The first kappa shape index (κ1) is 16.7. The van der Waals surface area contributed by atoms with Gasteiger partial charge in [-0.25, -0.2) is 4.98 Å². The van der Waals surface area contributed by atoms with Gasteiger partial charge in [-0.1, -0.05) is 30.3 Å². The Hall–Kier alpha value is -2.10. The second-order valence-corrected chi connectivity index (χ2v) is 6.79. The van der Waals surface area contributed by atoms with Crippen LogP contribution in [0.5, 0.6) is 0 Å². The van der Waals surface area contributed by atoms with Crippen molar-refractivity contribution in [2.75, 3.05) is 13.1 Å². The number of aryl methyl sites for hydroxylation is 2. The maximum atomic E-state index is 12.4. The number of carbonyl (C=O) groups is 1. The smallest absolute Gasteiger partial charge is 0.222 e. The maximum Gasteiger partial charge on any atom is 0.222 e. The molecule has 128 valence electrons. The molecule has 1 aliphatic heterocycles. The van der Waals surface area contributed by atoms with E-state index in [1.54, 1.807) is 0 Å². The van der Waals surface area contributed by atoms with Crippen LogP contribution in [0.2, 0.25) is 0 Å². The average molecular weight is 325 g/mol. The summed E-state index contributed by atoms with van der Waals surface area (Å²) < 4.78 is 2.22. The number of likely N-dealkylation sites (tertiary alicyclic amines) is 1. The minimum Gasteiger partial charge on any atom is -0.343 e. The molecule has 1 aromatic heterocycles. The van der Waals surface area contributed by atoms with E-state index in [4.69, 9.17) is 0 Å². The van der Waals surface area contributed by atoms with Gasteiger partial charge in [-0.2, -0.15) is 0 Å². The molecule has 1 fully saturated rings. The number of benzene rings is 1. The lowest BCUT2D eigenvalue weighted by Gasteiger charge is -2.32. The zero-order valence-corrected chi connectivity index (χ0v) is 14.5. The average Bonchev–Trinajstić information content (AvgIpc) is 3.01. The van der Waals surface area contributed by atoms with Gasteiger partial charge in [0.05, 0.1) is 0 Å². The van der Waals surface area contributed by atoms with Gasteiger partial charge >= 0.3 is 0 Å². The maximum absolute atomic E-state index is 12.4. The highest BCUT2D eigenvalue weighted by Gasteiger charge is 2.22. The number of aromatic nitrogens is 2. The highest BCUT2D eigenvalue weighted by molar-refractivity contribution is 5.76. The second kappa shape index (κ2) is 8.13. The molecule has 0 radical (unpaired) electrons. The standard InChI is InChI=1S/C20H27N3O/c1-17-21-12-15-23(17)16-19-10-13-22(14-11-19)20(24)9-5-8-18-6-3-2-4-7-18/h2-4,6-7,12,15,19H,5,8-11,13-14,16H2,1H3. The summed E-state index contributed by atoms with van der Waals surface area (Å²) in [5, 5.41) is 0. The van der Waals surface area contributed by atoms with E-state index in [1.165, 1.54) is 5.56 Å². The Morgan fingerprint density at radius 2 is 1.96 bits per heavy atom. The topological polar surface area (TPSA) is 38.1 Å². The third-order valence-electron chi connectivity index (χ3n) is 5.04. The quantitative estimate of drug-likeness (QED) is 0.816. The molecule has 2 aromatic rings. The molecule has 1 amide bonds. The molecule has 0 saturated carbocycles. The van der Waals surface area contributed by atoms with Crippen LogP contribution in [0.25, 0.3) is 0 Å². The van der Waals surface area contributed by atoms with Crippen LogP contribution in [0.1, 0.15) is 37.1 Å². The summed E-state index contributed by atoms with van der Waals surface area (Å²) in [5.74, 6) is 2.06. The van der Waals surface area contributed by atoms with Gasteiger partial charge in [0.15, 0.2) is 0 Å². The van der Waals surface area contributed by atoms with Crippen LogP contribution >= 0.6 is 0 Å². The number of carbonyl (C=O) groups excluding carboxylic acids is 1. The van der Waals surface area contributed by atoms with Gasteiger partial charge < -0.3 is 9.47 Å². The fraction of sp³-hybridized carbons (Fsp3) is 0.500. The summed E-state index contributed by atoms with van der Waals surface area (Å²) in [5.41, 5.74) is 1.32. The summed E-state index contributed by atoms with van der Waals surface area (Å²) in [6, 6.07) is 10.4. The predicted octanol–water partition coefficient (Wildman–Crippen LogP) is 3.45. The summed E-state index contributed by atoms with van der Waals surface area (Å²) >= 11 is 0. The first-order chi connectivity index (χ1) is 11.7. The zero-order valence-electron chi connectivity index (χ0n) is 14.5. The molecular formula is C20H27N3O. The van der Waals surface area contributed by atoms with Crippen molar-refractivity contribution in [2.45, 2.75) is 45.6 Å². The largest absolute Gasteiger partial charge is 0.343 e. The van der Waals surface area contributed by atoms with Crippen LogP contribution in [0.15, 0.2) is 42.7 Å². The fourth-order valence-electron chi connectivity index (χ4n) is 3.49. The Labute approximate surface area is 144 Å². The lowest BCUT2D eigenvalue weighted by Crippen LogP contribution is -2.39.